The third-order valence-corrected chi connectivity index (χ3v) is 3.29. The molecule has 0 aromatic carbocycles. The van der Waals surface area contributed by atoms with Crippen molar-refractivity contribution in [3.63, 3.8) is 0 Å². The summed E-state index contributed by atoms with van der Waals surface area (Å²) in [6.07, 6.45) is -1.58. The third-order valence-electron chi connectivity index (χ3n) is 3.29. The van der Waals surface area contributed by atoms with E-state index in [2.05, 4.69) is 22.3 Å². The van der Waals surface area contributed by atoms with Crippen LogP contribution < -0.4 is 10.6 Å². The SMILES string of the molecule is CC1CCCC(NC(=O)CCNC(=O)OCC(F)(F)F)C1. The highest BCUT2D eigenvalue weighted by molar-refractivity contribution is 5.77. The summed E-state index contributed by atoms with van der Waals surface area (Å²) in [6.45, 7) is 0.451. The van der Waals surface area contributed by atoms with Crippen LogP contribution in [0.1, 0.15) is 39.0 Å². The first-order valence-electron chi connectivity index (χ1n) is 7.03. The van der Waals surface area contributed by atoms with Crippen molar-refractivity contribution in [2.24, 2.45) is 5.92 Å². The summed E-state index contributed by atoms with van der Waals surface area (Å²) in [5, 5.41) is 4.98. The predicted molar refractivity (Wildman–Crippen MR) is 69.6 cm³/mol. The van der Waals surface area contributed by atoms with Gasteiger partial charge in [0.05, 0.1) is 0 Å². The first-order valence-corrected chi connectivity index (χ1v) is 7.03. The monoisotopic (exact) mass is 310 g/mol. The van der Waals surface area contributed by atoms with Gasteiger partial charge >= 0.3 is 12.3 Å². The molecule has 8 heteroatoms. The lowest BCUT2D eigenvalue weighted by Gasteiger charge is -2.27. The van der Waals surface area contributed by atoms with E-state index in [1.165, 1.54) is 6.42 Å². The number of nitrogens with one attached hydrogen (secondary N) is 2. The van der Waals surface area contributed by atoms with Crippen molar-refractivity contribution in [2.75, 3.05) is 13.2 Å². The van der Waals surface area contributed by atoms with E-state index in [0.717, 1.165) is 19.3 Å². The summed E-state index contributed by atoms with van der Waals surface area (Å²) >= 11 is 0. The van der Waals surface area contributed by atoms with E-state index < -0.39 is 18.9 Å². The van der Waals surface area contributed by atoms with Crippen LogP contribution in [0.3, 0.4) is 0 Å². The van der Waals surface area contributed by atoms with Crippen molar-refractivity contribution in [1.82, 2.24) is 10.6 Å². The Hall–Kier alpha value is -1.47. The molecule has 5 nitrogen and oxygen atoms in total. The van der Waals surface area contributed by atoms with Crippen LogP contribution in [0.25, 0.3) is 0 Å². The van der Waals surface area contributed by atoms with Crippen molar-refractivity contribution in [3.05, 3.63) is 0 Å². The van der Waals surface area contributed by atoms with Gasteiger partial charge in [-0.25, -0.2) is 4.79 Å². The molecule has 2 unspecified atom stereocenters. The fraction of sp³-hybridized carbons (Fsp3) is 0.846. The van der Waals surface area contributed by atoms with Gasteiger partial charge in [-0.1, -0.05) is 19.8 Å². The summed E-state index contributed by atoms with van der Waals surface area (Å²) in [5.74, 6) is 0.366. The predicted octanol–water partition coefficient (Wildman–Crippen LogP) is 2.36. The molecule has 1 aliphatic carbocycles. The van der Waals surface area contributed by atoms with Gasteiger partial charge in [0, 0.05) is 19.0 Å². The molecular weight excluding hydrogens is 289 g/mol. The molecule has 1 saturated carbocycles. The average molecular weight is 310 g/mol. The van der Waals surface area contributed by atoms with Gasteiger partial charge in [0.15, 0.2) is 6.61 Å². The third kappa shape index (κ3) is 8.41. The number of carbonyl (C=O) groups is 2. The molecule has 21 heavy (non-hydrogen) atoms. The highest BCUT2D eigenvalue weighted by Crippen LogP contribution is 2.23. The van der Waals surface area contributed by atoms with Crippen LogP contribution in [0.15, 0.2) is 0 Å². The Balaban J connectivity index is 2.11. The van der Waals surface area contributed by atoms with Crippen LogP contribution in [-0.4, -0.2) is 37.4 Å². The first-order chi connectivity index (χ1) is 9.76. The van der Waals surface area contributed by atoms with Crippen LogP contribution in [0, 0.1) is 5.92 Å². The summed E-state index contributed by atoms with van der Waals surface area (Å²) in [6, 6.07) is 0.151. The Morgan fingerprint density at radius 2 is 2.00 bits per heavy atom. The number of alkyl halides is 3. The second-order valence-corrected chi connectivity index (χ2v) is 5.40. The molecule has 1 aliphatic rings. The zero-order valence-electron chi connectivity index (χ0n) is 12.0. The van der Waals surface area contributed by atoms with Gasteiger partial charge in [0.2, 0.25) is 5.91 Å². The maximum absolute atomic E-state index is 11.8. The number of ether oxygens (including phenoxy) is 1. The fourth-order valence-corrected chi connectivity index (χ4v) is 2.34. The van der Waals surface area contributed by atoms with Crippen molar-refractivity contribution >= 4 is 12.0 Å². The van der Waals surface area contributed by atoms with Gasteiger partial charge in [-0.3, -0.25) is 4.79 Å². The minimum atomic E-state index is -4.55. The molecule has 2 atom stereocenters. The second-order valence-electron chi connectivity index (χ2n) is 5.40. The van der Waals surface area contributed by atoms with E-state index in [4.69, 9.17) is 0 Å². The second kappa shape index (κ2) is 8.09. The molecule has 1 rings (SSSR count). The summed E-state index contributed by atoms with van der Waals surface area (Å²) in [7, 11) is 0. The standard InChI is InChI=1S/C13H21F3N2O3/c1-9-3-2-4-10(7-9)18-11(19)5-6-17-12(20)21-8-13(14,15)16/h9-10H,2-8H2,1H3,(H,17,20)(H,18,19). The highest BCUT2D eigenvalue weighted by Gasteiger charge is 2.29. The van der Waals surface area contributed by atoms with Crippen molar-refractivity contribution in [2.45, 2.75) is 51.2 Å². The molecule has 0 aliphatic heterocycles. The highest BCUT2D eigenvalue weighted by atomic mass is 19.4. The Morgan fingerprint density at radius 1 is 1.29 bits per heavy atom. The van der Waals surface area contributed by atoms with Crippen LogP contribution in [0.2, 0.25) is 0 Å². The largest absolute Gasteiger partial charge is 0.440 e. The Kier molecular flexibility index (Phi) is 6.77. The van der Waals surface area contributed by atoms with E-state index in [-0.39, 0.29) is 24.9 Å². The van der Waals surface area contributed by atoms with E-state index in [1.807, 2.05) is 0 Å². The molecule has 2 N–H and O–H groups in total. The number of amides is 2. The zero-order chi connectivity index (χ0) is 15.9. The van der Waals surface area contributed by atoms with E-state index >= 15 is 0 Å². The molecule has 1 fully saturated rings. The Morgan fingerprint density at radius 3 is 2.62 bits per heavy atom. The molecule has 0 radical (unpaired) electrons. The summed E-state index contributed by atoms with van der Waals surface area (Å²) in [4.78, 5) is 22.6. The Labute approximate surface area is 121 Å². The van der Waals surface area contributed by atoms with Gasteiger partial charge in [-0.2, -0.15) is 13.2 Å². The number of halogens is 3. The minimum absolute atomic E-state index is 0.0198. The van der Waals surface area contributed by atoms with Gasteiger partial charge in [0.1, 0.15) is 0 Å². The molecule has 0 bridgehead atoms. The molecule has 0 saturated heterocycles. The number of carbonyl (C=O) groups excluding carboxylic acids is 2. The van der Waals surface area contributed by atoms with Crippen molar-refractivity contribution in [1.29, 1.82) is 0 Å². The number of rotatable bonds is 5. The molecule has 0 heterocycles. The number of hydrogen-bond acceptors (Lipinski definition) is 3. The lowest BCUT2D eigenvalue weighted by atomic mass is 9.87. The minimum Gasteiger partial charge on any atom is -0.440 e. The number of alkyl carbamates (subject to hydrolysis) is 1. The molecule has 2 amide bonds. The van der Waals surface area contributed by atoms with Gasteiger partial charge < -0.3 is 15.4 Å². The fourth-order valence-electron chi connectivity index (χ4n) is 2.34. The molecule has 0 aromatic rings. The molecule has 122 valence electrons. The van der Waals surface area contributed by atoms with Crippen LogP contribution >= 0.6 is 0 Å². The van der Waals surface area contributed by atoms with E-state index in [1.54, 1.807) is 0 Å². The normalized spacial score (nSPS) is 22.5. The molecule has 0 aromatic heterocycles. The van der Waals surface area contributed by atoms with Gasteiger partial charge in [-0.15, -0.1) is 0 Å². The molecular formula is C13H21F3N2O3. The van der Waals surface area contributed by atoms with Crippen molar-refractivity contribution in [3.8, 4) is 0 Å². The van der Waals surface area contributed by atoms with Gasteiger partial charge in [-0.05, 0) is 18.8 Å². The lowest BCUT2D eigenvalue weighted by Crippen LogP contribution is -2.39. The lowest BCUT2D eigenvalue weighted by molar-refractivity contribution is -0.160. The summed E-state index contributed by atoms with van der Waals surface area (Å²) in [5.41, 5.74) is 0. The smallest absolute Gasteiger partial charge is 0.422 e. The zero-order valence-corrected chi connectivity index (χ0v) is 12.0. The molecule has 0 spiro atoms. The maximum atomic E-state index is 11.8. The van der Waals surface area contributed by atoms with Gasteiger partial charge in [0.25, 0.3) is 0 Å². The first kappa shape index (κ1) is 17.6. The van der Waals surface area contributed by atoms with Crippen LogP contribution in [-0.2, 0) is 9.53 Å². The van der Waals surface area contributed by atoms with Crippen molar-refractivity contribution < 1.29 is 27.5 Å². The van der Waals surface area contributed by atoms with E-state index in [0.29, 0.717) is 5.92 Å². The van der Waals surface area contributed by atoms with Crippen LogP contribution in [0.4, 0.5) is 18.0 Å². The van der Waals surface area contributed by atoms with Crippen LogP contribution in [0.5, 0.6) is 0 Å². The average Bonchev–Trinajstić information content (AvgIpc) is 2.35. The maximum Gasteiger partial charge on any atom is 0.422 e. The Bertz CT molecular complexity index is 361. The number of hydrogen-bond donors (Lipinski definition) is 2. The quantitative estimate of drug-likeness (QED) is 0.819. The van der Waals surface area contributed by atoms with E-state index in [9.17, 15) is 22.8 Å². The topological polar surface area (TPSA) is 67.4 Å². The summed E-state index contributed by atoms with van der Waals surface area (Å²) < 4.78 is 39.3.